The molecule has 1 aromatic carbocycles. The Hall–Kier alpha value is -0.780. The molecular weight excluding hydrogens is 250 g/mol. The lowest BCUT2D eigenvalue weighted by Gasteiger charge is -2.14. The van der Waals surface area contributed by atoms with Crippen molar-refractivity contribution in [3.8, 4) is 0 Å². The van der Waals surface area contributed by atoms with Crippen molar-refractivity contribution >= 4 is 34.8 Å². The van der Waals surface area contributed by atoms with Crippen molar-refractivity contribution in [2.45, 2.75) is 4.90 Å². The number of hydrogen-bond donors (Lipinski definition) is 2. The van der Waals surface area contributed by atoms with E-state index < -0.39 is 0 Å². The number of thiocarbonyl (C=S) groups is 1. The quantitative estimate of drug-likeness (QED) is 0.632. The molecule has 5 heteroatoms. The highest BCUT2D eigenvalue weighted by molar-refractivity contribution is 7.98. The molecule has 0 unspecified atom stereocenters. The van der Waals surface area contributed by atoms with E-state index in [-0.39, 0.29) is 0 Å². The van der Waals surface area contributed by atoms with Gasteiger partial charge in [-0.2, -0.15) is 0 Å². The second-order valence-electron chi connectivity index (χ2n) is 3.88. The fourth-order valence-corrected chi connectivity index (χ4v) is 2.07. The van der Waals surface area contributed by atoms with Crippen LogP contribution in [0.3, 0.4) is 0 Å². The molecule has 0 heterocycles. The zero-order valence-electron chi connectivity index (χ0n) is 10.5. The summed E-state index contributed by atoms with van der Waals surface area (Å²) in [6.07, 6.45) is 2.06. The standard InChI is InChI=1S/C12H19N3S2/c1-15(2)9-8-13-12(16)14-10-6-4-5-7-11(10)17-3/h4-7H,8-9H2,1-3H3,(H2,13,14,16). The fraction of sp³-hybridized carbons (Fsp3) is 0.417. The van der Waals surface area contributed by atoms with Crippen molar-refractivity contribution in [1.82, 2.24) is 10.2 Å². The van der Waals surface area contributed by atoms with Gasteiger partial charge in [0, 0.05) is 18.0 Å². The highest BCUT2D eigenvalue weighted by atomic mass is 32.2. The van der Waals surface area contributed by atoms with Gasteiger partial charge in [0.15, 0.2) is 5.11 Å². The Kier molecular flexibility index (Phi) is 6.32. The van der Waals surface area contributed by atoms with Crippen molar-refractivity contribution in [2.75, 3.05) is 38.8 Å². The molecule has 1 rings (SSSR count). The number of nitrogens with zero attached hydrogens (tertiary/aromatic N) is 1. The van der Waals surface area contributed by atoms with Gasteiger partial charge in [-0.05, 0) is 44.7 Å². The molecule has 0 bridgehead atoms. The third-order valence-electron chi connectivity index (χ3n) is 2.20. The molecule has 0 aliphatic rings. The lowest BCUT2D eigenvalue weighted by atomic mass is 10.3. The third kappa shape index (κ3) is 5.39. The molecular formula is C12H19N3S2. The van der Waals surface area contributed by atoms with Crippen LogP contribution in [0.2, 0.25) is 0 Å². The molecule has 17 heavy (non-hydrogen) atoms. The largest absolute Gasteiger partial charge is 0.361 e. The first-order chi connectivity index (χ1) is 8.13. The molecule has 0 fully saturated rings. The summed E-state index contributed by atoms with van der Waals surface area (Å²) in [5.41, 5.74) is 1.06. The van der Waals surface area contributed by atoms with Gasteiger partial charge in [0.1, 0.15) is 0 Å². The van der Waals surface area contributed by atoms with E-state index in [4.69, 9.17) is 12.2 Å². The van der Waals surface area contributed by atoms with Gasteiger partial charge in [0.25, 0.3) is 0 Å². The Morgan fingerprint density at radius 2 is 2.06 bits per heavy atom. The summed E-state index contributed by atoms with van der Waals surface area (Å²) in [6.45, 7) is 1.81. The van der Waals surface area contributed by atoms with Crippen LogP contribution in [-0.2, 0) is 0 Å². The first-order valence-electron chi connectivity index (χ1n) is 5.46. The van der Waals surface area contributed by atoms with Crippen LogP contribution in [0.4, 0.5) is 5.69 Å². The van der Waals surface area contributed by atoms with E-state index in [1.165, 1.54) is 4.90 Å². The van der Waals surface area contributed by atoms with Crippen LogP contribution in [0.15, 0.2) is 29.2 Å². The monoisotopic (exact) mass is 269 g/mol. The molecule has 3 nitrogen and oxygen atoms in total. The second-order valence-corrected chi connectivity index (χ2v) is 5.14. The van der Waals surface area contributed by atoms with E-state index in [1.807, 2.05) is 32.3 Å². The van der Waals surface area contributed by atoms with E-state index >= 15 is 0 Å². The Morgan fingerprint density at radius 3 is 2.71 bits per heavy atom. The smallest absolute Gasteiger partial charge is 0.170 e. The molecule has 94 valence electrons. The van der Waals surface area contributed by atoms with Gasteiger partial charge in [0.2, 0.25) is 0 Å². The van der Waals surface area contributed by atoms with Crippen LogP contribution in [0.25, 0.3) is 0 Å². The molecule has 0 saturated heterocycles. The van der Waals surface area contributed by atoms with Crippen LogP contribution in [0.1, 0.15) is 0 Å². The number of anilines is 1. The van der Waals surface area contributed by atoms with E-state index in [0.29, 0.717) is 5.11 Å². The Labute approximate surface area is 113 Å². The highest BCUT2D eigenvalue weighted by Gasteiger charge is 2.02. The van der Waals surface area contributed by atoms with E-state index in [9.17, 15) is 0 Å². The predicted octanol–water partition coefficient (Wildman–Crippen LogP) is 2.26. The minimum atomic E-state index is 0.674. The normalized spacial score (nSPS) is 10.4. The van der Waals surface area contributed by atoms with Crippen LogP contribution in [0.5, 0.6) is 0 Å². The molecule has 0 saturated carbocycles. The van der Waals surface area contributed by atoms with Gasteiger partial charge >= 0.3 is 0 Å². The predicted molar refractivity (Wildman–Crippen MR) is 81.0 cm³/mol. The summed E-state index contributed by atoms with van der Waals surface area (Å²) in [4.78, 5) is 3.31. The average Bonchev–Trinajstić information content (AvgIpc) is 2.29. The number of benzene rings is 1. The number of nitrogens with one attached hydrogen (secondary N) is 2. The maximum absolute atomic E-state index is 5.25. The molecule has 0 amide bonds. The Morgan fingerprint density at radius 1 is 1.35 bits per heavy atom. The molecule has 0 spiro atoms. The lowest BCUT2D eigenvalue weighted by Crippen LogP contribution is -2.34. The Bertz CT molecular complexity index is 367. The van der Waals surface area contributed by atoms with Gasteiger partial charge in [-0.1, -0.05) is 12.1 Å². The maximum Gasteiger partial charge on any atom is 0.170 e. The lowest BCUT2D eigenvalue weighted by molar-refractivity contribution is 0.413. The highest BCUT2D eigenvalue weighted by Crippen LogP contribution is 2.24. The van der Waals surface area contributed by atoms with Crippen molar-refractivity contribution < 1.29 is 0 Å². The molecule has 0 radical (unpaired) electrons. The molecule has 0 aliphatic carbocycles. The number of thioether (sulfide) groups is 1. The molecule has 0 aliphatic heterocycles. The number of hydrogen-bond acceptors (Lipinski definition) is 3. The summed E-state index contributed by atoms with van der Waals surface area (Å²) < 4.78 is 0. The van der Waals surface area contributed by atoms with Crippen molar-refractivity contribution in [3.63, 3.8) is 0 Å². The minimum absolute atomic E-state index is 0.674. The average molecular weight is 269 g/mol. The minimum Gasteiger partial charge on any atom is -0.361 e. The van der Waals surface area contributed by atoms with Gasteiger partial charge in [-0.15, -0.1) is 11.8 Å². The molecule has 0 atom stereocenters. The maximum atomic E-state index is 5.25. The topological polar surface area (TPSA) is 27.3 Å². The van der Waals surface area contributed by atoms with Crippen LogP contribution in [0, 0.1) is 0 Å². The third-order valence-corrected chi connectivity index (χ3v) is 3.24. The summed E-state index contributed by atoms with van der Waals surface area (Å²) in [5, 5.41) is 7.07. The summed E-state index contributed by atoms with van der Waals surface area (Å²) >= 11 is 6.95. The van der Waals surface area contributed by atoms with Crippen molar-refractivity contribution in [3.05, 3.63) is 24.3 Å². The number of likely N-dealkylation sites (N-methyl/N-ethyl adjacent to an activating group) is 1. The molecule has 1 aromatic rings. The second kappa shape index (κ2) is 7.53. The van der Waals surface area contributed by atoms with Gasteiger partial charge in [0.05, 0.1) is 5.69 Å². The first-order valence-corrected chi connectivity index (χ1v) is 7.09. The SMILES string of the molecule is CSc1ccccc1NC(=S)NCCN(C)C. The number of para-hydroxylation sites is 1. The van der Waals surface area contributed by atoms with E-state index in [0.717, 1.165) is 18.8 Å². The van der Waals surface area contributed by atoms with E-state index in [2.05, 4.69) is 27.9 Å². The summed E-state index contributed by atoms with van der Waals surface area (Å²) in [7, 11) is 4.09. The van der Waals surface area contributed by atoms with Crippen LogP contribution >= 0.6 is 24.0 Å². The van der Waals surface area contributed by atoms with Crippen LogP contribution < -0.4 is 10.6 Å². The first kappa shape index (κ1) is 14.3. The van der Waals surface area contributed by atoms with E-state index in [1.54, 1.807) is 11.8 Å². The van der Waals surface area contributed by atoms with Crippen molar-refractivity contribution in [2.24, 2.45) is 0 Å². The number of rotatable bonds is 5. The molecule has 2 N–H and O–H groups in total. The summed E-state index contributed by atoms with van der Waals surface area (Å²) in [5.74, 6) is 0. The van der Waals surface area contributed by atoms with Gasteiger partial charge < -0.3 is 15.5 Å². The summed E-state index contributed by atoms with van der Waals surface area (Å²) in [6, 6.07) is 8.14. The van der Waals surface area contributed by atoms with Gasteiger partial charge in [-0.25, -0.2) is 0 Å². The van der Waals surface area contributed by atoms with Crippen molar-refractivity contribution in [1.29, 1.82) is 0 Å². The molecule has 0 aromatic heterocycles. The zero-order chi connectivity index (χ0) is 12.7. The van der Waals surface area contributed by atoms with Gasteiger partial charge in [-0.3, -0.25) is 0 Å². The zero-order valence-corrected chi connectivity index (χ0v) is 12.1. The van der Waals surface area contributed by atoms with Crippen LogP contribution in [-0.4, -0.2) is 43.5 Å². The Balaban J connectivity index is 2.45. The fourth-order valence-electron chi connectivity index (χ4n) is 1.31.